The molecule has 2 aromatic carbocycles. The van der Waals surface area contributed by atoms with Crippen LogP contribution in [0, 0.1) is 5.82 Å². The molecule has 156 valence electrons. The number of hydrogen-bond acceptors (Lipinski definition) is 3. The van der Waals surface area contributed by atoms with E-state index in [0.29, 0.717) is 22.6 Å². The minimum absolute atomic E-state index is 0.261. The highest BCUT2D eigenvalue weighted by molar-refractivity contribution is 6.02. The number of nitrogens with one attached hydrogen (secondary N) is 1. The molecular weight excluding hydrogens is 369 g/mol. The topological polar surface area (TPSA) is 51.3 Å². The van der Waals surface area contributed by atoms with Crippen molar-refractivity contribution in [3.63, 3.8) is 0 Å². The number of ether oxygens (including phenoxy) is 2. The summed E-state index contributed by atoms with van der Waals surface area (Å²) in [6.45, 7) is 10.0. The molecule has 0 bridgehead atoms. The number of hydrogen-bond donors (Lipinski definition) is 1. The summed E-state index contributed by atoms with van der Waals surface area (Å²) in [7, 11) is 1.48. The van der Waals surface area contributed by atoms with E-state index in [1.165, 1.54) is 13.2 Å². The van der Waals surface area contributed by atoms with Gasteiger partial charge >= 0.3 is 5.97 Å². The van der Waals surface area contributed by atoms with Crippen molar-refractivity contribution in [1.29, 1.82) is 0 Å². The molecule has 0 aliphatic heterocycles. The van der Waals surface area contributed by atoms with Gasteiger partial charge in [0.25, 0.3) is 0 Å². The fourth-order valence-electron chi connectivity index (χ4n) is 2.81. The molecule has 3 aromatic rings. The number of aromatic nitrogens is 1. The van der Waals surface area contributed by atoms with Crippen LogP contribution in [0.25, 0.3) is 22.4 Å². The van der Waals surface area contributed by atoms with Gasteiger partial charge in [-0.05, 0) is 24.6 Å². The van der Waals surface area contributed by atoms with Crippen LogP contribution in [0.5, 0.6) is 5.75 Å². The first-order valence-electron chi connectivity index (χ1n) is 9.94. The Morgan fingerprint density at radius 2 is 1.62 bits per heavy atom. The van der Waals surface area contributed by atoms with Gasteiger partial charge < -0.3 is 14.5 Å². The van der Waals surface area contributed by atoms with Crippen LogP contribution >= 0.6 is 0 Å². The Labute approximate surface area is 172 Å². The number of H-pyrrole nitrogens is 1. The summed E-state index contributed by atoms with van der Waals surface area (Å²) in [6.07, 6.45) is 1.54. The second-order valence-corrected chi connectivity index (χ2v) is 5.36. The molecule has 0 unspecified atom stereocenters. The average molecular weight is 400 g/mol. The Morgan fingerprint density at radius 3 is 2.21 bits per heavy atom. The van der Waals surface area contributed by atoms with Gasteiger partial charge in [0.15, 0.2) is 0 Å². The zero-order chi connectivity index (χ0) is 21.8. The second-order valence-electron chi connectivity index (χ2n) is 5.36. The average Bonchev–Trinajstić information content (AvgIpc) is 3.22. The molecule has 0 aliphatic carbocycles. The van der Waals surface area contributed by atoms with Crippen molar-refractivity contribution in [2.24, 2.45) is 0 Å². The molecule has 0 saturated heterocycles. The summed E-state index contributed by atoms with van der Waals surface area (Å²) < 4.78 is 25.0. The van der Waals surface area contributed by atoms with E-state index >= 15 is 0 Å². The maximum absolute atomic E-state index is 14.6. The maximum Gasteiger partial charge on any atom is 0.340 e. The first-order chi connectivity index (χ1) is 14.2. The monoisotopic (exact) mass is 399 g/mol. The zero-order valence-corrected chi connectivity index (χ0v) is 18.0. The number of halogens is 1. The van der Waals surface area contributed by atoms with Crippen LogP contribution in [0.3, 0.4) is 0 Å². The second kappa shape index (κ2) is 12.4. The van der Waals surface area contributed by atoms with Gasteiger partial charge in [0, 0.05) is 11.8 Å². The fourth-order valence-corrected chi connectivity index (χ4v) is 2.81. The molecule has 1 aromatic heterocycles. The van der Waals surface area contributed by atoms with Crippen molar-refractivity contribution in [3.05, 3.63) is 66.1 Å². The van der Waals surface area contributed by atoms with Crippen molar-refractivity contribution < 1.29 is 18.7 Å². The third kappa shape index (κ3) is 5.47. The van der Waals surface area contributed by atoms with E-state index < -0.39 is 11.8 Å². The minimum Gasteiger partial charge on any atom is -0.496 e. The molecule has 0 radical (unpaired) electrons. The van der Waals surface area contributed by atoms with Crippen LogP contribution in [0.2, 0.25) is 0 Å². The molecule has 1 N–H and O–H groups in total. The van der Waals surface area contributed by atoms with Gasteiger partial charge in [0.2, 0.25) is 0 Å². The molecule has 4 nitrogen and oxygen atoms in total. The highest BCUT2D eigenvalue weighted by atomic mass is 19.1. The van der Waals surface area contributed by atoms with Crippen molar-refractivity contribution >= 4 is 5.97 Å². The van der Waals surface area contributed by atoms with Gasteiger partial charge in [-0.3, -0.25) is 0 Å². The Bertz CT molecular complexity index is 888. The van der Waals surface area contributed by atoms with E-state index in [2.05, 4.69) is 4.98 Å². The number of benzene rings is 2. The highest BCUT2D eigenvalue weighted by Crippen LogP contribution is 2.40. The molecular formula is C24H30FNO3. The van der Waals surface area contributed by atoms with Crippen LogP contribution in [-0.4, -0.2) is 24.7 Å². The van der Waals surface area contributed by atoms with Crippen LogP contribution < -0.4 is 4.74 Å². The summed E-state index contributed by atoms with van der Waals surface area (Å²) in [5.41, 5.74) is 2.48. The van der Waals surface area contributed by atoms with Gasteiger partial charge in [-0.2, -0.15) is 0 Å². The smallest absolute Gasteiger partial charge is 0.340 e. The lowest BCUT2D eigenvalue weighted by Gasteiger charge is -2.12. The molecule has 0 spiro atoms. The molecule has 0 atom stereocenters. The van der Waals surface area contributed by atoms with Crippen molar-refractivity contribution in [2.45, 2.75) is 34.6 Å². The van der Waals surface area contributed by atoms with Crippen molar-refractivity contribution in [1.82, 2.24) is 4.98 Å². The minimum atomic E-state index is -0.459. The molecule has 0 aliphatic rings. The number of esters is 1. The molecule has 0 amide bonds. The largest absolute Gasteiger partial charge is 0.496 e. The molecule has 3 rings (SSSR count). The number of rotatable bonds is 5. The maximum atomic E-state index is 14.6. The summed E-state index contributed by atoms with van der Waals surface area (Å²) in [6, 6.07) is 13.9. The number of carbonyl (C=O) groups excluding carboxylic acids is 1. The lowest BCUT2D eigenvalue weighted by Crippen LogP contribution is -2.05. The normalized spacial score (nSPS) is 9.48. The first kappa shape index (κ1) is 24.0. The summed E-state index contributed by atoms with van der Waals surface area (Å²) in [5, 5.41) is 0. The van der Waals surface area contributed by atoms with Crippen LogP contribution in [0.1, 0.15) is 45.0 Å². The summed E-state index contributed by atoms with van der Waals surface area (Å²) >= 11 is 0. The van der Waals surface area contributed by atoms with E-state index in [4.69, 9.17) is 9.47 Å². The molecule has 1 heterocycles. The van der Waals surface area contributed by atoms with E-state index in [-0.39, 0.29) is 12.2 Å². The lowest BCUT2D eigenvalue weighted by atomic mass is 9.97. The quantitative estimate of drug-likeness (QED) is 0.484. The van der Waals surface area contributed by atoms with E-state index in [9.17, 15) is 9.18 Å². The van der Waals surface area contributed by atoms with Gasteiger partial charge in [-0.25, -0.2) is 9.18 Å². The predicted molar refractivity (Wildman–Crippen MR) is 117 cm³/mol. The van der Waals surface area contributed by atoms with Crippen molar-refractivity contribution in [3.8, 4) is 28.1 Å². The highest BCUT2D eigenvalue weighted by Gasteiger charge is 2.24. The summed E-state index contributed by atoms with van der Waals surface area (Å²) in [4.78, 5) is 15.4. The van der Waals surface area contributed by atoms with Gasteiger partial charge in [-0.1, -0.05) is 64.1 Å². The van der Waals surface area contributed by atoms with Gasteiger partial charge in [0.05, 0.1) is 30.5 Å². The molecule has 0 saturated carbocycles. The first-order valence-corrected chi connectivity index (χ1v) is 9.94. The third-order valence-corrected chi connectivity index (χ3v) is 3.88. The van der Waals surface area contributed by atoms with Gasteiger partial charge in [0.1, 0.15) is 11.6 Å². The molecule has 29 heavy (non-hydrogen) atoms. The van der Waals surface area contributed by atoms with E-state index in [0.717, 1.165) is 5.56 Å². The van der Waals surface area contributed by atoms with Crippen LogP contribution in [0.4, 0.5) is 4.39 Å². The summed E-state index contributed by atoms with van der Waals surface area (Å²) in [5.74, 6) is -0.512. The van der Waals surface area contributed by atoms with Crippen LogP contribution in [0.15, 0.2) is 54.7 Å². The predicted octanol–water partition coefficient (Wildman–Crippen LogP) is 6.73. The third-order valence-electron chi connectivity index (χ3n) is 3.88. The van der Waals surface area contributed by atoms with Crippen LogP contribution in [-0.2, 0) is 4.74 Å². The van der Waals surface area contributed by atoms with E-state index in [1.807, 2.05) is 58.0 Å². The van der Waals surface area contributed by atoms with Crippen molar-refractivity contribution in [2.75, 3.05) is 13.7 Å². The SMILES string of the molecule is CC.CC.CCOC(=O)c1c[nH]c(-c2c(F)cccc2OC)c1-c1ccccc1. The Morgan fingerprint density at radius 1 is 0.966 bits per heavy atom. The number of methoxy groups -OCH3 is 1. The zero-order valence-electron chi connectivity index (χ0n) is 18.0. The van der Waals surface area contributed by atoms with E-state index in [1.54, 1.807) is 25.3 Å². The number of aromatic amines is 1. The number of carbonyl (C=O) groups is 1. The standard InChI is InChI=1S/C20H18FNO3.2C2H6/c1-3-25-20(23)14-12-22-19(17(14)13-8-5-4-6-9-13)18-15(21)10-7-11-16(18)24-2;2*1-2/h4-12,22H,3H2,1-2H3;2*1-2H3. The fraction of sp³-hybridized carbons (Fsp3) is 0.292. The van der Waals surface area contributed by atoms with Gasteiger partial charge in [-0.15, -0.1) is 0 Å². The lowest BCUT2D eigenvalue weighted by molar-refractivity contribution is 0.0527. The molecule has 0 fully saturated rings. The Kier molecular flexibility index (Phi) is 10.2. The molecule has 5 heteroatoms. The Hall–Kier alpha value is -3.08. The Balaban J connectivity index is 0.000000989.